The van der Waals surface area contributed by atoms with Gasteiger partial charge >= 0.3 is 5.69 Å². The number of amides is 1. The Morgan fingerprint density at radius 3 is 2.56 bits per heavy atom. The van der Waals surface area contributed by atoms with Crippen molar-refractivity contribution in [1.82, 2.24) is 0 Å². The minimum atomic E-state index is -0.742. The molecule has 2 aromatic carbocycles. The highest BCUT2D eigenvalue weighted by Crippen LogP contribution is 2.27. The summed E-state index contributed by atoms with van der Waals surface area (Å²) in [5.74, 6) is -1.11. The van der Waals surface area contributed by atoms with Crippen molar-refractivity contribution in [3.63, 3.8) is 0 Å². The number of nitrogens with zero attached hydrogens (tertiary/aromatic N) is 2. The maximum absolute atomic E-state index is 12.2. The molecule has 0 aliphatic carbocycles. The largest absolute Gasteiger partial charge is 0.502 e. The standard InChI is InChI=1S/C18H15N3O4/c1-2-12-3-6-15(7-4-12)20-18(23)14(11-19)9-13-5-8-17(22)16(10-13)21(24)25/h3-10,22H,2H2,1H3,(H,20,23). The van der Waals surface area contributed by atoms with E-state index in [1.54, 1.807) is 18.2 Å². The van der Waals surface area contributed by atoms with Gasteiger partial charge in [0.25, 0.3) is 5.91 Å². The van der Waals surface area contributed by atoms with Gasteiger partial charge in [-0.1, -0.05) is 25.1 Å². The highest BCUT2D eigenvalue weighted by atomic mass is 16.6. The quantitative estimate of drug-likeness (QED) is 0.375. The van der Waals surface area contributed by atoms with E-state index in [0.29, 0.717) is 5.69 Å². The number of nitro groups is 1. The second-order valence-electron chi connectivity index (χ2n) is 5.18. The normalized spacial score (nSPS) is 10.8. The Morgan fingerprint density at radius 1 is 1.32 bits per heavy atom. The Labute approximate surface area is 144 Å². The Hall–Kier alpha value is -3.66. The molecule has 0 fully saturated rings. The molecule has 0 spiro atoms. The summed E-state index contributed by atoms with van der Waals surface area (Å²) in [6.07, 6.45) is 2.10. The van der Waals surface area contributed by atoms with Crippen LogP contribution in [0.25, 0.3) is 6.08 Å². The van der Waals surface area contributed by atoms with E-state index in [0.717, 1.165) is 24.1 Å². The van der Waals surface area contributed by atoms with Crippen LogP contribution in [0.3, 0.4) is 0 Å². The minimum absolute atomic E-state index is 0.209. The maximum atomic E-state index is 12.2. The molecule has 0 unspecified atom stereocenters. The smallest absolute Gasteiger partial charge is 0.311 e. The van der Waals surface area contributed by atoms with Crippen molar-refractivity contribution in [2.45, 2.75) is 13.3 Å². The fraction of sp³-hybridized carbons (Fsp3) is 0.111. The number of rotatable bonds is 5. The molecule has 0 aliphatic heterocycles. The highest BCUT2D eigenvalue weighted by Gasteiger charge is 2.15. The Morgan fingerprint density at radius 2 is 2.00 bits per heavy atom. The first-order valence-corrected chi connectivity index (χ1v) is 7.44. The van der Waals surface area contributed by atoms with Gasteiger partial charge in [0.15, 0.2) is 5.75 Å². The second kappa shape index (κ2) is 7.75. The van der Waals surface area contributed by atoms with Crippen LogP contribution in [0.1, 0.15) is 18.1 Å². The van der Waals surface area contributed by atoms with Crippen molar-refractivity contribution in [1.29, 1.82) is 5.26 Å². The highest BCUT2D eigenvalue weighted by molar-refractivity contribution is 6.09. The average molecular weight is 337 g/mol. The van der Waals surface area contributed by atoms with Crippen molar-refractivity contribution >= 4 is 23.4 Å². The number of aryl methyl sites for hydroxylation is 1. The van der Waals surface area contributed by atoms with Crippen LogP contribution in [-0.4, -0.2) is 15.9 Å². The lowest BCUT2D eigenvalue weighted by Crippen LogP contribution is -2.13. The lowest BCUT2D eigenvalue weighted by molar-refractivity contribution is -0.385. The molecule has 0 aliphatic rings. The van der Waals surface area contributed by atoms with E-state index in [4.69, 9.17) is 0 Å². The van der Waals surface area contributed by atoms with Gasteiger partial charge in [-0.15, -0.1) is 0 Å². The minimum Gasteiger partial charge on any atom is -0.502 e. The number of anilines is 1. The molecule has 0 bridgehead atoms. The van der Waals surface area contributed by atoms with Crippen LogP contribution in [0.15, 0.2) is 48.0 Å². The van der Waals surface area contributed by atoms with Gasteiger partial charge in [-0.05, 0) is 41.8 Å². The third-order valence-corrected chi connectivity index (χ3v) is 3.49. The van der Waals surface area contributed by atoms with Crippen molar-refractivity contribution in [2.75, 3.05) is 5.32 Å². The molecule has 7 nitrogen and oxygen atoms in total. The topological polar surface area (TPSA) is 116 Å². The zero-order chi connectivity index (χ0) is 18.4. The summed E-state index contributed by atoms with van der Waals surface area (Å²) in [5.41, 5.74) is 1.21. The van der Waals surface area contributed by atoms with E-state index >= 15 is 0 Å². The Balaban J connectivity index is 2.24. The number of phenolic OH excluding ortho intramolecular Hbond substituents is 1. The van der Waals surface area contributed by atoms with Gasteiger partial charge in [-0.25, -0.2) is 0 Å². The van der Waals surface area contributed by atoms with E-state index in [-0.39, 0.29) is 11.1 Å². The predicted octanol–water partition coefficient (Wildman–Crippen LogP) is 3.41. The van der Waals surface area contributed by atoms with E-state index in [1.165, 1.54) is 12.1 Å². The van der Waals surface area contributed by atoms with Gasteiger partial charge in [0.2, 0.25) is 0 Å². The molecule has 0 saturated heterocycles. The molecular formula is C18H15N3O4. The molecule has 2 rings (SSSR count). The molecule has 0 atom stereocenters. The maximum Gasteiger partial charge on any atom is 0.311 e. The summed E-state index contributed by atoms with van der Waals surface area (Å²) in [6.45, 7) is 2.01. The first kappa shape index (κ1) is 17.7. The van der Waals surface area contributed by atoms with E-state index in [9.17, 15) is 25.3 Å². The number of aromatic hydroxyl groups is 1. The lowest BCUT2D eigenvalue weighted by atomic mass is 10.1. The molecule has 2 aromatic rings. The first-order valence-electron chi connectivity index (χ1n) is 7.44. The molecule has 25 heavy (non-hydrogen) atoms. The summed E-state index contributed by atoms with van der Waals surface area (Å²) < 4.78 is 0. The van der Waals surface area contributed by atoms with Crippen LogP contribution in [0.4, 0.5) is 11.4 Å². The molecule has 0 heterocycles. The number of hydrogen-bond acceptors (Lipinski definition) is 5. The fourth-order valence-electron chi connectivity index (χ4n) is 2.11. The summed E-state index contributed by atoms with van der Waals surface area (Å²) >= 11 is 0. The Bertz CT molecular complexity index is 880. The van der Waals surface area contributed by atoms with Crippen molar-refractivity contribution < 1.29 is 14.8 Å². The number of nitrogens with one attached hydrogen (secondary N) is 1. The zero-order valence-electron chi connectivity index (χ0n) is 13.4. The number of carbonyl (C=O) groups is 1. The van der Waals surface area contributed by atoms with Crippen molar-refractivity contribution in [2.24, 2.45) is 0 Å². The molecular weight excluding hydrogens is 322 g/mol. The first-order chi connectivity index (χ1) is 11.9. The number of nitro benzene ring substituents is 1. The summed E-state index contributed by atoms with van der Waals surface area (Å²) in [5, 5.41) is 32.1. The van der Waals surface area contributed by atoms with Crippen LogP contribution >= 0.6 is 0 Å². The molecule has 2 N–H and O–H groups in total. The van der Waals surface area contributed by atoms with Gasteiger partial charge in [0.05, 0.1) is 4.92 Å². The third-order valence-electron chi connectivity index (χ3n) is 3.49. The molecule has 0 saturated carbocycles. The average Bonchev–Trinajstić information content (AvgIpc) is 2.61. The zero-order valence-corrected chi connectivity index (χ0v) is 13.4. The number of benzene rings is 2. The number of phenols is 1. The van der Waals surface area contributed by atoms with Gasteiger partial charge < -0.3 is 10.4 Å². The van der Waals surface area contributed by atoms with E-state index in [2.05, 4.69) is 5.32 Å². The van der Waals surface area contributed by atoms with Gasteiger partial charge in [-0.2, -0.15) is 5.26 Å². The van der Waals surface area contributed by atoms with Gasteiger partial charge in [0, 0.05) is 11.8 Å². The van der Waals surface area contributed by atoms with Gasteiger partial charge in [0.1, 0.15) is 11.6 Å². The van der Waals surface area contributed by atoms with E-state index in [1.807, 2.05) is 19.1 Å². The van der Waals surface area contributed by atoms with Crippen LogP contribution in [0.2, 0.25) is 0 Å². The molecule has 7 heteroatoms. The number of hydrogen-bond donors (Lipinski definition) is 2. The molecule has 1 amide bonds. The Kier molecular flexibility index (Phi) is 5.48. The van der Waals surface area contributed by atoms with Crippen molar-refractivity contribution in [3.8, 4) is 11.8 Å². The van der Waals surface area contributed by atoms with Crippen LogP contribution in [0.5, 0.6) is 5.75 Å². The second-order valence-corrected chi connectivity index (χ2v) is 5.18. The van der Waals surface area contributed by atoms with Crippen LogP contribution in [0, 0.1) is 21.4 Å². The third kappa shape index (κ3) is 4.42. The molecule has 126 valence electrons. The SMILES string of the molecule is CCc1ccc(NC(=O)C(C#N)=Cc2ccc(O)c([N+](=O)[O-])c2)cc1. The summed E-state index contributed by atoms with van der Waals surface area (Å²) in [4.78, 5) is 22.3. The number of nitriles is 1. The lowest BCUT2D eigenvalue weighted by Gasteiger charge is -2.05. The number of carbonyl (C=O) groups excluding carboxylic acids is 1. The molecule has 0 radical (unpaired) electrons. The summed E-state index contributed by atoms with van der Waals surface area (Å²) in [7, 11) is 0. The fourth-order valence-corrected chi connectivity index (χ4v) is 2.11. The van der Waals surface area contributed by atoms with E-state index < -0.39 is 22.3 Å². The van der Waals surface area contributed by atoms with Crippen LogP contribution < -0.4 is 5.32 Å². The van der Waals surface area contributed by atoms with Crippen molar-refractivity contribution in [3.05, 3.63) is 69.3 Å². The monoisotopic (exact) mass is 337 g/mol. The molecule has 0 aromatic heterocycles. The van der Waals surface area contributed by atoms with Crippen LogP contribution in [-0.2, 0) is 11.2 Å². The van der Waals surface area contributed by atoms with Gasteiger partial charge in [-0.3, -0.25) is 14.9 Å². The predicted molar refractivity (Wildman–Crippen MR) is 92.8 cm³/mol. The summed E-state index contributed by atoms with van der Waals surface area (Å²) in [6, 6.07) is 12.6.